The minimum absolute atomic E-state index is 0.0125. The Morgan fingerprint density at radius 3 is 2.43 bits per heavy atom. The van der Waals surface area contributed by atoms with Gasteiger partial charge in [-0.2, -0.15) is 13.2 Å². The van der Waals surface area contributed by atoms with E-state index < -0.39 is 17.6 Å². The van der Waals surface area contributed by atoms with E-state index in [9.17, 15) is 18.0 Å². The second kappa shape index (κ2) is 6.30. The second-order valence-corrected chi connectivity index (χ2v) is 5.13. The van der Waals surface area contributed by atoms with Crippen molar-refractivity contribution in [2.75, 3.05) is 13.1 Å². The van der Waals surface area contributed by atoms with Gasteiger partial charge in [0.05, 0.1) is 5.56 Å². The quantitative estimate of drug-likeness (QED) is 0.843. The molecule has 1 aromatic carbocycles. The van der Waals surface area contributed by atoms with Gasteiger partial charge in [-0.3, -0.25) is 4.79 Å². The Kier molecular flexibility index (Phi) is 4.67. The van der Waals surface area contributed by atoms with Crippen molar-refractivity contribution in [1.29, 1.82) is 0 Å². The van der Waals surface area contributed by atoms with Crippen molar-refractivity contribution in [3.63, 3.8) is 0 Å². The van der Waals surface area contributed by atoms with E-state index in [4.69, 9.17) is 5.73 Å². The summed E-state index contributed by atoms with van der Waals surface area (Å²) in [4.78, 5) is 11.6. The zero-order chi connectivity index (χ0) is 15.5. The third-order valence-corrected chi connectivity index (χ3v) is 3.58. The first-order chi connectivity index (χ1) is 9.88. The third-order valence-electron chi connectivity index (χ3n) is 3.58. The number of nitrogens with one attached hydrogen (secondary N) is 1. The fourth-order valence-electron chi connectivity index (χ4n) is 2.46. The second-order valence-electron chi connectivity index (χ2n) is 5.13. The average Bonchev–Trinajstić information content (AvgIpc) is 2.45. The maximum atomic E-state index is 12.5. The molecule has 114 valence electrons. The predicted octanol–water partition coefficient (Wildman–Crippen LogP) is 2.57. The number of halogens is 3. The lowest BCUT2D eigenvalue weighted by molar-refractivity contribution is -0.137. The van der Waals surface area contributed by atoms with Crippen LogP contribution in [0.4, 0.5) is 13.2 Å². The summed E-state index contributed by atoms with van der Waals surface area (Å²) in [5, 5.41) is 3.19. The minimum atomic E-state index is -4.36. The highest BCUT2D eigenvalue weighted by atomic mass is 19.4. The van der Waals surface area contributed by atoms with E-state index in [1.165, 1.54) is 12.1 Å². The Morgan fingerprint density at radius 2 is 1.95 bits per heavy atom. The van der Waals surface area contributed by atoms with Gasteiger partial charge in [-0.25, -0.2) is 0 Å². The Bertz CT molecular complexity index is 529. The molecule has 0 bridgehead atoms. The molecule has 0 unspecified atom stereocenters. The van der Waals surface area contributed by atoms with Crippen molar-refractivity contribution in [3.05, 3.63) is 41.0 Å². The number of hydrogen-bond donors (Lipinski definition) is 2. The topological polar surface area (TPSA) is 55.1 Å². The molecule has 6 heteroatoms. The van der Waals surface area contributed by atoms with Gasteiger partial charge in [-0.1, -0.05) is 12.1 Å². The number of benzene rings is 1. The predicted molar refractivity (Wildman–Crippen MR) is 74.2 cm³/mol. The molecule has 2 rings (SSSR count). The number of hydrogen-bond acceptors (Lipinski definition) is 2. The van der Waals surface area contributed by atoms with E-state index in [1.54, 1.807) is 6.08 Å². The number of amides is 1. The number of primary amides is 1. The van der Waals surface area contributed by atoms with E-state index in [0.717, 1.165) is 31.5 Å². The van der Waals surface area contributed by atoms with Crippen molar-refractivity contribution in [3.8, 4) is 0 Å². The maximum Gasteiger partial charge on any atom is 0.416 e. The Morgan fingerprint density at radius 1 is 1.29 bits per heavy atom. The highest BCUT2D eigenvalue weighted by Gasteiger charge is 2.30. The Labute approximate surface area is 121 Å². The monoisotopic (exact) mass is 298 g/mol. The Balaban J connectivity index is 2.23. The van der Waals surface area contributed by atoms with Crippen molar-refractivity contribution < 1.29 is 18.0 Å². The summed E-state index contributed by atoms with van der Waals surface area (Å²) in [6.45, 7) is 1.57. The summed E-state index contributed by atoms with van der Waals surface area (Å²) in [7, 11) is 0. The number of alkyl halides is 3. The van der Waals surface area contributed by atoms with Gasteiger partial charge in [-0.15, -0.1) is 0 Å². The largest absolute Gasteiger partial charge is 0.416 e. The molecule has 0 radical (unpaired) electrons. The molecule has 0 aromatic heterocycles. The van der Waals surface area contributed by atoms with E-state index in [2.05, 4.69) is 5.32 Å². The number of carbonyl (C=O) groups is 1. The molecule has 1 atom stereocenters. The first-order valence-corrected chi connectivity index (χ1v) is 6.77. The van der Waals surface area contributed by atoms with Crippen LogP contribution >= 0.6 is 0 Å². The highest BCUT2D eigenvalue weighted by Crippen LogP contribution is 2.29. The lowest BCUT2D eigenvalue weighted by atomic mass is 9.89. The van der Waals surface area contributed by atoms with Gasteiger partial charge in [0.2, 0.25) is 5.91 Å². The van der Waals surface area contributed by atoms with Crippen LogP contribution in [-0.2, 0) is 11.0 Å². The van der Waals surface area contributed by atoms with Crippen LogP contribution in [-0.4, -0.2) is 19.0 Å². The third kappa shape index (κ3) is 4.07. The highest BCUT2D eigenvalue weighted by molar-refractivity contribution is 5.97. The molecule has 1 heterocycles. The van der Waals surface area contributed by atoms with Gasteiger partial charge < -0.3 is 11.1 Å². The summed E-state index contributed by atoms with van der Waals surface area (Å²) in [5.74, 6) is -0.512. The van der Waals surface area contributed by atoms with Crippen LogP contribution in [0.3, 0.4) is 0 Å². The molecule has 3 nitrogen and oxygen atoms in total. The maximum absolute atomic E-state index is 12.5. The summed E-state index contributed by atoms with van der Waals surface area (Å²) >= 11 is 0. The number of piperidine rings is 1. The van der Waals surface area contributed by atoms with Crippen molar-refractivity contribution in [2.45, 2.75) is 19.0 Å². The molecule has 1 aliphatic heterocycles. The minimum Gasteiger partial charge on any atom is -0.366 e. The molecule has 21 heavy (non-hydrogen) atoms. The molecule has 0 aliphatic carbocycles. The lowest BCUT2D eigenvalue weighted by Gasteiger charge is -2.23. The first kappa shape index (κ1) is 15.6. The standard InChI is InChI=1S/C15H17F3N2O/c16-15(17,18)12-5-3-10(4-6-12)8-13(14(19)21)11-2-1-7-20-9-11/h3-6,8,11,20H,1-2,7,9H2,(H2,19,21)/t11-/m1/s1. The summed E-state index contributed by atoms with van der Waals surface area (Å²) in [6.07, 6.45) is -0.979. The van der Waals surface area contributed by atoms with E-state index >= 15 is 0 Å². The van der Waals surface area contributed by atoms with Crippen LogP contribution in [0.25, 0.3) is 6.08 Å². The fourth-order valence-corrected chi connectivity index (χ4v) is 2.46. The molecule has 0 saturated carbocycles. The average molecular weight is 298 g/mol. The van der Waals surface area contributed by atoms with E-state index in [0.29, 0.717) is 17.7 Å². The van der Waals surface area contributed by atoms with Crippen molar-refractivity contribution >= 4 is 12.0 Å². The normalized spacial score (nSPS) is 20.3. The van der Waals surface area contributed by atoms with Gasteiger partial charge in [0.15, 0.2) is 0 Å². The van der Waals surface area contributed by atoms with Crippen molar-refractivity contribution in [1.82, 2.24) is 5.32 Å². The van der Waals surface area contributed by atoms with Gasteiger partial charge >= 0.3 is 6.18 Å². The lowest BCUT2D eigenvalue weighted by Crippen LogP contribution is -2.34. The Hall–Kier alpha value is -1.82. The van der Waals surface area contributed by atoms with Crippen LogP contribution in [0.1, 0.15) is 24.0 Å². The zero-order valence-electron chi connectivity index (χ0n) is 11.4. The van der Waals surface area contributed by atoms with Gasteiger partial charge in [0, 0.05) is 18.0 Å². The first-order valence-electron chi connectivity index (χ1n) is 6.77. The van der Waals surface area contributed by atoms with Gasteiger partial charge in [-0.05, 0) is 43.2 Å². The van der Waals surface area contributed by atoms with Crippen molar-refractivity contribution in [2.24, 2.45) is 11.7 Å². The number of carbonyl (C=O) groups excluding carboxylic acids is 1. The van der Waals surface area contributed by atoms with E-state index in [-0.39, 0.29) is 5.92 Å². The van der Waals surface area contributed by atoms with Gasteiger partial charge in [0.1, 0.15) is 0 Å². The van der Waals surface area contributed by atoms with Crippen LogP contribution in [0.5, 0.6) is 0 Å². The fraction of sp³-hybridized carbons (Fsp3) is 0.400. The molecule has 1 saturated heterocycles. The van der Waals surface area contributed by atoms with Crippen LogP contribution in [0.15, 0.2) is 29.8 Å². The molecule has 1 fully saturated rings. The summed E-state index contributed by atoms with van der Waals surface area (Å²) in [5.41, 5.74) is 5.69. The van der Waals surface area contributed by atoms with Gasteiger partial charge in [0.25, 0.3) is 0 Å². The molecule has 3 N–H and O–H groups in total. The molecule has 0 spiro atoms. The molecule has 1 aliphatic rings. The molecular weight excluding hydrogens is 281 g/mol. The van der Waals surface area contributed by atoms with Crippen LogP contribution < -0.4 is 11.1 Å². The van der Waals surface area contributed by atoms with E-state index in [1.807, 2.05) is 0 Å². The van der Waals surface area contributed by atoms with Crippen LogP contribution in [0.2, 0.25) is 0 Å². The molecule has 1 aromatic rings. The zero-order valence-corrected chi connectivity index (χ0v) is 11.4. The molecule has 1 amide bonds. The van der Waals surface area contributed by atoms with Crippen LogP contribution in [0, 0.1) is 5.92 Å². The summed E-state index contributed by atoms with van der Waals surface area (Å²) < 4.78 is 37.5. The molecular formula is C15H17F3N2O. The number of rotatable bonds is 3. The number of nitrogens with two attached hydrogens (primary N) is 1. The summed E-state index contributed by atoms with van der Waals surface area (Å²) in [6, 6.07) is 4.71. The SMILES string of the molecule is NC(=O)C(=Cc1ccc(C(F)(F)F)cc1)[C@@H]1CCCNC1. The smallest absolute Gasteiger partial charge is 0.366 e.